The quantitative estimate of drug-likeness (QED) is 0.657. The van der Waals surface area contributed by atoms with Crippen molar-refractivity contribution in [3.63, 3.8) is 0 Å². The number of ether oxygens (including phenoxy) is 1. The minimum absolute atomic E-state index is 0.0751. The highest BCUT2D eigenvalue weighted by Crippen LogP contribution is 2.28. The molecule has 2 rings (SSSR count). The maximum atomic E-state index is 12.3. The third-order valence-electron chi connectivity index (χ3n) is 3.82. The summed E-state index contributed by atoms with van der Waals surface area (Å²) in [5, 5.41) is 7.76. The Morgan fingerprint density at radius 3 is 2.50 bits per heavy atom. The summed E-state index contributed by atoms with van der Waals surface area (Å²) in [6.07, 6.45) is 0. The number of nitrogens with zero attached hydrogens (tertiary/aromatic N) is 1. The normalized spacial score (nSPS) is 16.5. The van der Waals surface area contributed by atoms with Crippen LogP contribution in [0.15, 0.2) is 18.2 Å². The van der Waals surface area contributed by atoms with Gasteiger partial charge in [0.1, 0.15) is 18.3 Å². The van der Waals surface area contributed by atoms with Gasteiger partial charge < -0.3 is 20.7 Å². The lowest BCUT2D eigenvalue weighted by Gasteiger charge is -2.16. The second-order valence-corrected chi connectivity index (χ2v) is 6.24. The lowest BCUT2D eigenvalue weighted by Crippen LogP contribution is -2.39. The van der Waals surface area contributed by atoms with Gasteiger partial charge in [0.05, 0.1) is 12.8 Å². The van der Waals surface area contributed by atoms with Gasteiger partial charge in [-0.05, 0) is 24.1 Å². The zero-order chi connectivity index (χ0) is 19.4. The van der Waals surface area contributed by atoms with Crippen LogP contribution in [0.2, 0.25) is 0 Å². The van der Waals surface area contributed by atoms with Gasteiger partial charge in [0, 0.05) is 12.6 Å². The molecule has 0 radical (unpaired) electrons. The summed E-state index contributed by atoms with van der Waals surface area (Å²) in [7, 11) is 1.44. The molecule has 1 aromatic carbocycles. The Bertz CT molecular complexity index is 747. The second kappa shape index (κ2) is 7.85. The monoisotopic (exact) mass is 362 g/mol. The van der Waals surface area contributed by atoms with Gasteiger partial charge in [0.2, 0.25) is 11.8 Å². The zero-order valence-electron chi connectivity index (χ0n) is 15.1. The van der Waals surface area contributed by atoms with Crippen molar-refractivity contribution in [2.45, 2.75) is 26.8 Å². The first-order valence-corrected chi connectivity index (χ1v) is 8.10. The molecule has 5 amide bonds. The molecule has 9 nitrogen and oxygen atoms in total. The van der Waals surface area contributed by atoms with Gasteiger partial charge >= 0.3 is 6.03 Å². The predicted octanol–water partition coefficient (Wildman–Crippen LogP) is 1.17. The predicted molar refractivity (Wildman–Crippen MR) is 94.8 cm³/mol. The number of urea groups is 1. The number of imide groups is 1. The summed E-state index contributed by atoms with van der Waals surface area (Å²) in [5.41, 5.74) is 0.791. The fourth-order valence-electron chi connectivity index (χ4n) is 2.56. The number of anilines is 2. The first kappa shape index (κ1) is 19.2. The SMILES string of the molecule is COc1ccc(NC(C)=O)cc1NC(=O)CN1C(=O)NC(C(C)C)C1=O. The van der Waals surface area contributed by atoms with E-state index in [2.05, 4.69) is 16.0 Å². The first-order chi connectivity index (χ1) is 12.2. The van der Waals surface area contributed by atoms with Crippen LogP contribution in [0, 0.1) is 5.92 Å². The number of amides is 5. The number of carbonyl (C=O) groups is 4. The van der Waals surface area contributed by atoms with Gasteiger partial charge in [-0.25, -0.2) is 4.79 Å². The van der Waals surface area contributed by atoms with Gasteiger partial charge in [0.25, 0.3) is 5.91 Å². The Hall–Kier alpha value is -3.10. The van der Waals surface area contributed by atoms with Gasteiger partial charge in [-0.1, -0.05) is 13.8 Å². The summed E-state index contributed by atoms with van der Waals surface area (Å²) >= 11 is 0. The highest BCUT2D eigenvalue weighted by Gasteiger charge is 2.40. The Morgan fingerprint density at radius 1 is 1.27 bits per heavy atom. The maximum Gasteiger partial charge on any atom is 0.325 e. The Kier molecular flexibility index (Phi) is 5.81. The van der Waals surface area contributed by atoms with E-state index in [1.165, 1.54) is 20.1 Å². The van der Waals surface area contributed by atoms with Crippen molar-refractivity contribution in [2.24, 2.45) is 5.92 Å². The molecule has 0 saturated carbocycles. The number of methoxy groups -OCH3 is 1. The molecule has 1 heterocycles. The molecule has 1 fully saturated rings. The van der Waals surface area contributed by atoms with E-state index in [4.69, 9.17) is 4.74 Å². The summed E-state index contributed by atoms with van der Waals surface area (Å²) in [5.74, 6) is -0.944. The standard InChI is InChI=1S/C17H22N4O5/c1-9(2)15-16(24)21(17(25)20-15)8-14(23)19-12-7-11(18-10(3)22)5-6-13(12)26-4/h5-7,9,15H,8H2,1-4H3,(H,18,22)(H,19,23)(H,20,25). The molecule has 0 aromatic heterocycles. The molecule has 9 heteroatoms. The molecule has 0 bridgehead atoms. The van der Waals surface area contributed by atoms with E-state index < -0.39 is 30.4 Å². The van der Waals surface area contributed by atoms with Gasteiger partial charge in [-0.15, -0.1) is 0 Å². The van der Waals surface area contributed by atoms with Crippen molar-refractivity contribution in [1.82, 2.24) is 10.2 Å². The second-order valence-electron chi connectivity index (χ2n) is 6.24. The number of benzene rings is 1. The number of rotatable bonds is 6. The molecule has 0 aliphatic carbocycles. The van der Waals surface area contributed by atoms with Crippen molar-refractivity contribution in [1.29, 1.82) is 0 Å². The van der Waals surface area contributed by atoms with Gasteiger partial charge in [-0.3, -0.25) is 19.3 Å². The lowest BCUT2D eigenvalue weighted by molar-refractivity contribution is -0.131. The van der Waals surface area contributed by atoms with Crippen molar-refractivity contribution in [3.05, 3.63) is 18.2 Å². The summed E-state index contributed by atoms with van der Waals surface area (Å²) in [6, 6.07) is 3.51. The lowest BCUT2D eigenvalue weighted by atomic mass is 10.1. The molecule has 26 heavy (non-hydrogen) atoms. The van der Waals surface area contributed by atoms with E-state index in [9.17, 15) is 19.2 Å². The fourth-order valence-corrected chi connectivity index (χ4v) is 2.56. The van der Waals surface area contributed by atoms with Crippen LogP contribution in [0.3, 0.4) is 0 Å². The molecule has 1 aliphatic rings. The van der Waals surface area contributed by atoms with Crippen molar-refractivity contribution in [3.8, 4) is 5.75 Å². The summed E-state index contributed by atoms with van der Waals surface area (Å²) in [6.45, 7) is 4.57. The topological polar surface area (TPSA) is 117 Å². The molecule has 1 atom stereocenters. The van der Waals surface area contributed by atoms with Crippen molar-refractivity contribution < 1.29 is 23.9 Å². The third kappa shape index (κ3) is 4.29. The van der Waals surface area contributed by atoms with Crippen LogP contribution in [0.4, 0.5) is 16.2 Å². The zero-order valence-corrected chi connectivity index (χ0v) is 15.1. The highest BCUT2D eigenvalue weighted by molar-refractivity contribution is 6.08. The maximum absolute atomic E-state index is 12.3. The fraction of sp³-hybridized carbons (Fsp3) is 0.412. The molecule has 140 valence electrons. The van der Waals surface area contributed by atoms with Crippen molar-refractivity contribution in [2.75, 3.05) is 24.3 Å². The van der Waals surface area contributed by atoms with E-state index >= 15 is 0 Å². The molecular weight excluding hydrogens is 340 g/mol. The molecule has 1 aromatic rings. The molecule has 0 spiro atoms. The van der Waals surface area contributed by atoms with Crippen LogP contribution in [0.25, 0.3) is 0 Å². The van der Waals surface area contributed by atoms with Crippen LogP contribution in [-0.4, -0.2) is 48.3 Å². The van der Waals surface area contributed by atoms with E-state index in [1.54, 1.807) is 12.1 Å². The number of hydrogen-bond acceptors (Lipinski definition) is 5. The number of carbonyl (C=O) groups excluding carboxylic acids is 4. The van der Waals surface area contributed by atoms with E-state index in [0.29, 0.717) is 17.1 Å². The summed E-state index contributed by atoms with van der Waals surface area (Å²) in [4.78, 5) is 48.5. The van der Waals surface area contributed by atoms with Crippen molar-refractivity contribution >= 4 is 35.1 Å². The number of hydrogen-bond donors (Lipinski definition) is 3. The van der Waals surface area contributed by atoms with Gasteiger partial charge in [0.15, 0.2) is 0 Å². The van der Waals surface area contributed by atoms with Crippen LogP contribution >= 0.6 is 0 Å². The van der Waals surface area contributed by atoms with Crippen LogP contribution in [0.5, 0.6) is 5.75 Å². The Labute approximate surface area is 151 Å². The largest absolute Gasteiger partial charge is 0.495 e. The van der Waals surface area contributed by atoms with Gasteiger partial charge in [-0.2, -0.15) is 0 Å². The van der Waals surface area contributed by atoms with Crippen LogP contribution < -0.4 is 20.7 Å². The average Bonchev–Trinajstić information content (AvgIpc) is 2.83. The van der Waals surface area contributed by atoms with E-state index in [0.717, 1.165) is 4.90 Å². The highest BCUT2D eigenvalue weighted by atomic mass is 16.5. The molecular formula is C17H22N4O5. The first-order valence-electron chi connectivity index (χ1n) is 8.10. The molecule has 1 saturated heterocycles. The molecule has 1 unspecified atom stereocenters. The molecule has 3 N–H and O–H groups in total. The Balaban J connectivity index is 2.11. The average molecular weight is 362 g/mol. The van der Waals surface area contributed by atoms with Crippen LogP contribution in [-0.2, 0) is 14.4 Å². The van der Waals surface area contributed by atoms with Crippen LogP contribution in [0.1, 0.15) is 20.8 Å². The summed E-state index contributed by atoms with van der Waals surface area (Å²) < 4.78 is 5.18. The third-order valence-corrected chi connectivity index (χ3v) is 3.82. The number of nitrogens with one attached hydrogen (secondary N) is 3. The molecule has 1 aliphatic heterocycles. The minimum Gasteiger partial charge on any atom is -0.495 e. The van der Waals surface area contributed by atoms with E-state index in [1.807, 2.05) is 13.8 Å². The Morgan fingerprint density at radius 2 is 1.96 bits per heavy atom. The van der Waals surface area contributed by atoms with E-state index in [-0.39, 0.29) is 11.8 Å². The smallest absolute Gasteiger partial charge is 0.325 e. The minimum atomic E-state index is -0.632.